The van der Waals surface area contributed by atoms with E-state index in [9.17, 15) is 4.39 Å². The molecule has 0 spiro atoms. The number of nitrogens with zero attached hydrogens (tertiary/aromatic N) is 1. The SMILES string of the molecule is COc1cccc(N(C)Cc2ccc(F)cc2)c1N. The third kappa shape index (κ3) is 2.96. The van der Waals surface area contributed by atoms with Gasteiger partial charge in [0.1, 0.15) is 11.6 Å². The molecule has 0 saturated heterocycles. The zero-order chi connectivity index (χ0) is 13.8. The van der Waals surface area contributed by atoms with Gasteiger partial charge in [0.2, 0.25) is 0 Å². The first-order valence-electron chi connectivity index (χ1n) is 6.00. The second-order valence-electron chi connectivity index (χ2n) is 4.38. The lowest BCUT2D eigenvalue weighted by atomic mass is 10.2. The van der Waals surface area contributed by atoms with Gasteiger partial charge in [-0.05, 0) is 29.8 Å². The summed E-state index contributed by atoms with van der Waals surface area (Å²) >= 11 is 0. The summed E-state index contributed by atoms with van der Waals surface area (Å²) in [5.74, 6) is 0.427. The second-order valence-corrected chi connectivity index (χ2v) is 4.38. The van der Waals surface area contributed by atoms with Crippen LogP contribution in [0.3, 0.4) is 0 Å². The topological polar surface area (TPSA) is 38.5 Å². The summed E-state index contributed by atoms with van der Waals surface area (Å²) in [6.07, 6.45) is 0. The standard InChI is InChI=1S/C15H17FN2O/c1-18(10-11-6-8-12(16)9-7-11)13-4-3-5-14(19-2)15(13)17/h3-9H,10,17H2,1-2H3. The number of para-hydroxylation sites is 1. The van der Waals surface area contributed by atoms with Crippen LogP contribution >= 0.6 is 0 Å². The maximum absolute atomic E-state index is 12.9. The molecule has 100 valence electrons. The number of anilines is 2. The van der Waals surface area contributed by atoms with E-state index in [1.165, 1.54) is 12.1 Å². The number of hydrogen-bond acceptors (Lipinski definition) is 3. The molecular formula is C15H17FN2O. The molecule has 2 N–H and O–H groups in total. The molecule has 19 heavy (non-hydrogen) atoms. The monoisotopic (exact) mass is 260 g/mol. The molecule has 0 atom stereocenters. The zero-order valence-corrected chi connectivity index (χ0v) is 11.1. The Morgan fingerprint density at radius 1 is 1.16 bits per heavy atom. The van der Waals surface area contributed by atoms with Crippen LogP contribution in [0, 0.1) is 5.82 Å². The van der Waals surface area contributed by atoms with Crippen LogP contribution in [0.5, 0.6) is 5.75 Å². The van der Waals surface area contributed by atoms with Gasteiger partial charge in [-0.15, -0.1) is 0 Å². The smallest absolute Gasteiger partial charge is 0.143 e. The summed E-state index contributed by atoms with van der Waals surface area (Å²) in [5, 5.41) is 0. The van der Waals surface area contributed by atoms with E-state index in [0.717, 1.165) is 11.3 Å². The van der Waals surface area contributed by atoms with Crippen LogP contribution in [0.15, 0.2) is 42.5 Å². The van der Waals surface area contributed by atoms with Crippen molar-refractivity contribution in [2.75, 3.05) is 24.8 Å². The molecule has 0 bridgehead atoms. The minimum absolute atomic E-state index is 0.229. The third-order valence-corrected chi connectivity index (χ3v) is 3.01. The van der Waals surface area contributed by atoms with Gasteiger partial charge in [0, 0.05) is 13.6 Å². The van der Waals surface area contributed by atoms with Gasteiger partial charge in [0.15, 0.2) is 0 Å². The lowest BCUT2D eigenvalue weighted by molar-refractivity contribution is 0.417. The molecule has 2 aromatic carbocycles. The lowest BCUT2D eigenvalue weighted by Gasteiger charge is -2.22. The Bertz CT molecular complexity index is 555. The average Bonchev–Trinajstić information content (AvgIpc) is 2.41. The molecule has 3 nitrogen and oxygen atoms in total. The minimum atomic E-state index is -0.229. The number of halogens is 1. The van der Waals surface area contributed by atoms with Crippen molar-refractivity contribution in [2.24, 2.45) is 0 Å². The normalized spacial score (nSPS) is 10.3. The molecule has 0 heterocycles. The fourth-order valence-electron chi connectivity index (χ4n) is 1.99. The van der Waals surface area contributed by atoms with Gasteiger partial charge in [-0.25, -0.2) is 4.39 Å². The van der Waals surface area contributed by atoms with Crippen molar-refractivity contribution in [3.05, 3.63) is 53.8 Å². The van der Waals surface area contributed by atoms with E-state index in [2.05, 4.69) is 0 Å². The fraction of sp³-hybridized carbons (Fsp3) is 0.200. The van der Waals surface area contributed by atoms with Gasteiger partial charge in [0.25, 0.3) is 0 Å². The number of benzene rings is 2. The highest BCUT2D eigenvalue weighted by Gasteiger charge is 2.09. The molecule has 0 fully saturated rings. The molecule has 2 aromatic rings. The van der Waals surface area contributed by atoms with E-state index < -0.39 is 0 Å². The number of hydrogen-bond donors (Lipinski definition) is 1. The highest BCUT2D eigenvalue weighted by atomic mass is 19.1. The van der Waals surface area contributed by atoms with E-state index in [4.69, 9.17) is 10.5 Å². The molecule has 0 aliphatic rings. The van der Waals surface area contributed by atoms with Crippen LogP contribution in [0.1, 0.15) is 5.56 Å². The Morgan fingerprint density at radius 3 is 2.47 bits per heavy atom. The van der Waals surface area contributed by atoms with Crippen molar-refractivity contribution >= 4 is 11.4 Å². The van der Waals surface area contributed by atoms with Crippen LogP contribution < -0.4 is 15.4 Å². The van der Waals surface area contributed by atoms with Gasteiger partial charge in [-0.1, -0.05) is 18.2 Å². The third-order valence-electron chi connectivity index (χ3n) is 3.01. The van der Waals surface area contributed by atoms with Crippen molar-refractivity contribution in [1.82, 2.24) is 0 Å². The second kappa shape index (κ2) is 5.61. The van der Waals surface area contributed by atoms with Crippen molar-refractivity contribution in [1.29, 1.82) is 0 Å². The molecule has 0 saturated carbocycles. The van der Waals surface area contributed by atoms with Crippen LogP contribution in [0.4, 0.5) is 15.8 Å². The predicted molar refractivity (Wildman–Crippen MR) is 75.9 cm³/mol. The first-order chi connectivity index (χ1) is 9.11. The number of ether oxygens (including phenoxy) is 1. The maximum Gasteiger partial charge on any atom is 0.143 e. The first kappa shape index (κ1) is 13.2. The highest BCUT2D eigenvalue weighted by molar-refractivity contribution is 5.73. The number of rotatable bonds is 4. The summed E-state index contributed by atoms with van der Waals surface area (Å²) < 4.78 is 18.1. The Morgan fingerprint density at radius 2 is 1.84 bits per heavy atom. The van der Waals surface area contributed by atoms with Crippen LogP contribution in [0.2, 0.25) is 0 Å². The Labute approximate surface area is 112 Å². The quantitative estimate of drug-likeness (QED) is 0.859. The van der Waals surface area contributed by atoms with Crippen LogP contribution in [0.25, 0.3) is 0 Å². The highest BCUT2D eigenvalue weighted by Crippen LogP contribution is 2.31. The minimum Gasteiger partial charge on any atom is -0.495 e. The fourth-order valence-corrected chi connectivity index (χ4v) is 1.99. The van der Waals surface area contributed by atoms with Gasteiger partial charge in [0.05, 0.1) is 18.5 Å². The van der Waals surface area contributed by atoms with E-state index in [-0.39, 0.29) is 5.82 Å². The van der Waals surface area contributed by atoms with Gasteiger partial charge in [-0.3, -0.25) is 0 Å². The molecule has 0 unspecified atom stereocenters. The molecule has 0 radical (unpaired) electrons. The first-order valence-corrected chi connectivity index (χ1v) is 6.00. The predicted octanol–water partition coefficient (Wildman–Crippen LogP) is 3.05. The Hall–Kier alpha value is -2.23. The summed E-state index contributed by atoms with van der Waals surface area (Å²) in [7, 11) is 3.53. The number of nitrogen functional groups attached to an aromatic ring is 1. The largest absolute Gasteiger partial charge is 0.495 e. The Kier molecular flexibility index (Phi) is 3.90. The average molecular weight is 260 g/mol. The number of methoxy groups -OCH3 is 1. The summed E-state index contributed by atoms with van der Waals surface area (Å²) in [4.78, 5) is 2.01. The van der Waals surface area contributed by atoms with Crippen molar-refractivity contribution in [2.45, 2.75) is 6.54 Å². The van der Waals surface area contributed by atoms with Gasteiger partial charge >= 0.3 is 0 Å². The molecular weight excluding hydrogens is 243 g/mol. The summed E-state index contributed by atoms with van der Waals surface area (Å²) in [6.45, 7) is 0.650. The lowest BCUT2D eigenvalue weighted by Crippen LogP contribution is -2.18. The molecule has 0 aliphatic carbocycles. The van der Waals surface area contributed by atoms with E-state index in [0.29, 0.717) is 18.0 Å². The van der Waals surface area contributed by atoms with Crippen molar-refractivity contribution < 1.29 is 9.13 Å². The van der Waals surface area contributed by atoms with Crippen LogP contribution in [-0.2, 0) is 6.54 Å². The summed E-state index contributed by atoms with van der Waals surface area (Å²) in [6, 6.07) is 12.1. The summed E-state index contributed by atoms with van der Waals surface area (Å²) in [5.41, 5.74) is 8.56. The van der Waals surface area contributed by atoms with Crippen molar-refractivity contribution in [3.63, 3.8) is 0 Å². The molecule has 0 aliphatic heterocycles. The van der Waals surface area contributed by atoms with E-state index in [1.807, 2.05) is 30.1 Å². The molecule has 0 aromatic heterocycles. The van der Waals surface area contributed by atoms with Crippen molar-refractivity contribution in [3.8, 4) is 5.75 Å². The van der Waals surface area contributed by atoms with Gasteiger partial charge in [-0.2, -0.15) is 0 Å². The maximum atomic E-state index is 12.9. The molecule has 0 amide bonds. The molecule has 2 rings (SSSR count). The van der Waals surface area contributed by atoms with Crippen LogP contribution in [-0.4, -0.2) is 14.2 Å². The number of nitrogens with two attached hydrogens (primary N) is 1. The van der Waals surface area contributed by atoms with E-state index in [1.54, 1.807) is 19.2 Å². The zero-order valence-electron chi connectivity index (χ0n) is 11.1. The van der Waals surface area contributed by atoms with E-state index >= 15 is 0 Å². The van der Waals surface area contributed by atoms with Gasteiger partial charge < -0.3 is 15.4 Å². The molecule has 4 heteroatoms. The Balaban J connectivity index is 2.20.